The van der Waals surface area contributed by atoms with E-state index in [0.717, 1.165) is 5.56 Å². The van der Waals surface area contributed by atoms with Gasteiger partial charge < -0.3 is 15.8 Å². The molecular formula is C15H14Cl2N2O2. The van der Waals surface area contributed by atoms with Gasteiger partial charge in [-0.15, -0.1) is 0 Å². The molecule has 0 radical (unpaired) electrons. The molecule has 0 heterocycles. The number of amides is 1. The number of carbonyl (C=O) groups is 1. The lowest BCUT2D eigenvalue weighted by Crippen LogP contribution is -2.20. The van der Waals surface area contributed by atoms with Crippen LogP contribution in [-0.2, 0) is 4.79 Å². The summed E-state index contributed by atoms with van der Waals surface area (Å²) < 4.78 is 5.36. The average molecular weight is 325 g/mol. The number of halogens is 2. The third kappa shape index (κ3) is 4.28. The number of hydrogen-bond donors (Lipinski definition) is 2. The Labute approximate surface area is 132 Å². The smallest absolute Gasteiger partial charge is 0.262 e. The third-order valence-corrected chi connectivity index (χ3v) is 3.31. The first kappa shape index (κ1) is 15.5. The van der Waals surface area contributed by atoms with Crippen LogP contribution in [0.15, 0.2) is 36.4 Å². The van der Waals surface area contributed by atoms with Gasteiger partial charge in [-0.25, -0.2) is 0 Å². The van der Waals surface area contributed by atoms with Gasteiger partial charge in [0.05, 0.1) is 5.02 Å². The minimum Gasteiger partial charge on any atom is -0.482 e. The SMILES string of the molecule is Cc1cc(N)ccc1NC(=O)COc1ccc(Cl)cc1Cl. The van der Waals surface area contributed by atoms with Crippen molar-refractivity contribution in [1.82, 2.24) is 0 Å². The van der Waals surface area contributed by atoms with E-state index in [4.69, 9.17) is 33.7 Å². The highest BCUT2D eigenvalue weighted by molar-refractivity contribution is 6.35. The summed E-state index contributed by atoms with van der Waals surface area (Å²) in [6.07, 6.45) is 0. The van der Waals surface area contributed by atoms with Crippen LogP contribution in [0.25, 0.3) is 0 Å². The molecule has 21 heavy (non-hydrogen) atoms. The van der Waals surface area contributed by atoms with Crippen molar-refractivity contribution in [3.05, 3.63) is 52.0 Å². The minimum atomic E-state index is -0.283. The van der Waals surface area contributed by atoms with Crippen LogP contribution in [0.2, 0.25) is 10.0 Å². The van der Waals surface area contributed by atoms with Crippen LogP contribution in [-0.4, -0.2) is 12.5 Å². The maximum Gasteiger partial charge on any atom is 0.262 e. The van der Waals surface area contributed by atoms with Crippen molar-refractivity contribution in [1.29, 1.82) is 0 Å². The van der Waals surface area contributed by atoms with Gasteiger partial charge in [-0.3, -0.25) is 4.79 Å². The topological polar surface area (TPSA) is 64.3 Å². The van der Waals surface area contributed by atoms with Crippen molar-refractivity contribution in [3.8, 4) is 5.75 Å². The Balaban J connectivity index is 1.96. The van der Waals surface area contributed by atoms with Gasteiger partial charge in [-0.2, -0.15) is 0 Å². The third-order valence-electron chi connectivity index (χ3n) is 2.78. The zero-order chi connectivity index (χ0) is 15.4. The van der Waals surface area contributed by atoms with Crippen LogP contribution < -0.4 is 15.8 Å². The molecule has 2 aromatic carbocycles. The number of carbonyl (C=O) groups excluding carboxylic acids is 1. The number of nitrogen functional groups attached to an aromatic ring is 1. The Morgan fingerprint density at radius 3 is 2.67 bits per heavy atom. The maximum atomic E-state index is 11.9. The summed E-state index contributed by atoms with van der Waals surface area (Å²) in [5.74, 6) is 0.124. The summed E-state index contributed by atoms with van der Waals surface area (Å²) >= 11 is 11.7. The fourth-order valence-corrected chi connectivity index (χ4v) is 2.21. The Kier molecular flexibility index (Phi) is 4.94. The Morgan fingerprint density at radius 1 is 1.24 bits per heavy atom. The summed E-state index contributed by atoms with van der Waals surface area (Å²) in [4.78, 5) is 11.9. The summed E-state index contributed by atoms with van der Waals surface area (Å²) in [7, 11) is 0. The highest BCUT2D eigenvalue weighted by atomic mass is 35.5. The van der Waals surface area contributed by atoms with Gasteiger partial charge in [0.15, 0.2) is 6.61 Å². The lowest BCUT2D eigenvalue weighted by atomic mass is 10.2. The molecule has 0 saturated heterocycles. The van der Waals surface area contributed by atoms with Crippen molar-refractivity contribution >= 4 is 40.5 Å². The number of rotatable bonds is 4. The standard InChI is InChI=1S/C15H14Cl2N2O2/c1-9-6-11(18)3-4-13(9)19-15(20)8-21-14-5-2-10(16)7-12(14)17/h2-7H,8,18H2,1H3,(H,19,20). The lowest BCUT2D eigenvalue weighted by molar-refractivity contribution is -0.118. The molecule has 0 fully saturated rings. The summed E-state index contributed by atoms with van der Waals surface area (Å²) in [5, 5.41) is 3.62. The predicted octanol–water partition coefficient (Wildman–Crippen LogP) is 3.90. The molecule has 0 aromatic heterocycles. The van der Waals surface area contributed by atoms with Gasteiger partial charge in [0, 0.05) is 16.4 Å². The monoisotopic (exact) mass is 324 g/mol. The number of nitrogens with two attached hydrogens (primary N) is 1. The highest BCUT2D eigenvalue weighted by Gasteiger charge is 2.08. The fourth-order valence-electron chi connectivity index (χ4n) is 1.75. The molecule has 0 spiro atoms. The van der Waals surface area contributed by atoms with Crippen LogP contribution in [0.3, 0.4) is 0 Å². The Hall–Kier alpha value is -1.91. The molecule has 0 aliphatic rings. The van der Waals surface area contributed by atoms with E-state index in [1.807, 2.05) is 6.92 Å². The van der Waals surface area contributed by atoms with Gasteiger partial charge in [0.25, 0.3) is 5.91 Å². The van der Waals surface area contributed by atoms with Crippen molar-refractivity contribution < 1.29 is 9.53 Å². The fraction of sp³-hybridized carbons (Fsp3) is 0.133. The van der Waals surface area contributed by atoms with Gasteiger partial charge in [0.1, 0.15) is 5.75 Å². The van der Waals surface area contributed by atoms with E-state index in [9.17, 15) is 4.79 Å². The van der Waals surface area contributed by atoms with Gasteiger partial charge in [0.2, 0.25) is 0 Å². The number of benzene rings is 2. The van der Waals surface area contributed by atoms with E-state index in [1.54, 1.807) is 36.4 Å². The van der Waals surface area contributed by atoms with Gasteiger partial charge in [-0.1, -0.05) is 23.2 Å². The van der Waals surface area contributed by atoms with Crippen molar-refractivity contribution in [2.45, 2.75) is 6.92 Å². The molecule has 3 N–H and O–H groups in total. The average Bonchev–Trinajstić information content (AvgIpc) is 2.41. The molecular weight excluding hydrogens is 311 g/mol. The second-order valence-electron chi connectivity index (χ2n) is 4.49. The summed E-state index contributed by atoms with van der Waals surface area (Å²) in [5.41, 5.74) is 7.88. The number of nitrogens with one attached hydrogen (secondary N) is 1. The van der Waals surface area contributed by atoms with E-state index in [0.29, 0.717) is 27.2 Å². The van der Waals surface area contributed by atoms with E-state index < -0.39 is 0 Å². The summed E-state index contributed by atoms with van der Waals surface area (Å²) in [6.45, 7) is 1.72. The van der Waals surface area contributed by atoms with Crippen LogP contribution in [0, 0.1) is 6.92 Å². The molecule has 1 amide bonds. The first-order valence-electron chi connectivity index (χ1n) is 6.19. The molecule has 0 aliphatic carbocycles. The zero-order valence-corrected chi connectivity index (χ0v) is 12.8. The highest BCUT2D eigenvalue weighted by Crippen LogP contribution is 2.27. The molecule has 0 atom stereocenters. The largest absolute Gasteiger partial charge is 0.482 e. The Bertz CT molecular complexity index is 675. The molecule has 2 aromatic rings. The second-order valence-corrected chi connectivity index (χ2v) is 5.33. The van der Waals surface area contributed by atoms with E-state index in [1.165, 1.54) is 0 Å². The molecule has 0 bridgehead atoms. The van der Waals surface area contributed by atoms with Crippen LogP contribution in [0.5, 0.6) is 5.75 Å². The number of anilines is 2. The van der Waals surface area contributed by atoms with Crippen molar-refractivity contribution in [2.75, 3.05) is 17.7 Å². The molecule has 2 rings (SSSR count). The minimum absolute atomic E-state index is 0.148. The molecule has 0 aliphatic heterocycles. The van der Waals surface area contributed by atoms with E-state index in [2.05, 4.69) is 5.32 Å². The predicted molar refractivity (Wildman–Crippen MR) is 86.2 cm³/mol. The molecule has 0 saturated carbocycles. The van der Waals surface area contributed by atoms with E-state index in [-0.39, 0.29) is 12.5 Å². The molecule has 6 heteroatoms. The number of ether oxygens (including phenoxy) is 1. The van der Waals surface area contributed by atoms with Crippen LogP contribution in [0.1, 0.15) is 5.56 Å². The van der Waals surface area contributed by atoms with Crippen LogP contribution in [0.4, 0.5) is 11.4 Å². The second kappa shape index (κ2) is 6.70. The van der Waals surface area contributed by atoms with E-state index >= 15 is 0 Å². The number of aryl methyl sites for hydroxylation is 1. The maximum absolute atomic E-state index is 11.9. The molecule has 110 valence electrons. The van der Waals surface area contributed by atoms with Crippen molar-refractivity contribution in [3.63, 3.8) is 0 Å². The summed E-state index contributed by atoms with van der Waals surface area (Å²) in [6, 6.07) is 10.1. The first-order valence-corrected chi connectivity index (χ1v) is 6.95. The van der Waals surface area contributed by atoms with Crippen molar-refractivity contribution in [2.24, 2.45) is 0 Å². The first-order chi connectivity index (χ1) is 9.95. The Morgan fingerprint density at radius 2 is 2.00 bits per heavy atom. The molecule has 0 unspecified atom stereocenters. The lowest BCUT2D eigenvalue weighted by Gasteiger charge is -2.11. The quantitative estimate of drug-likeness (QED) is 0.838. The zero-order valence-electron chi connectivity index (χ0n) is 11.3. The number of hydrogen-bond acceptors (Lipinski definition) is 3. The molecule has 4 nitrogen and oxygen atoms in total. The van der Waals surface area contributed by atoms with Crippen LogP contribution >= 0.6 is 23.2 Å². The normalized spacial score (nSPS) is 10.2. The van der Waals surface area contributed by atoms with Gasteiger partial charge >= 0.3 is 0 Å². The van der Waals surface area contributed by atoms with Gasteiger partial charge in [-0.05, 0) is 48.9 Å².